The number of halogens is 1. The van der Waals surface area contributed by atoms with E-state index < -0.39 is 0 Å². The summed E-state index contributed by atoms with van der Waals surface area (Å²) >= 11 is 0. The number of likely N-dealkylation sites (tertiary alicyclic amines) is 2. The molecule has 2 aliphatic heterocycles. The first-order chi connectivity index (χ1) is 12.7. The predicted molar refractivity (Wildman–Crippen MR) is 100 cm³/mol. The summed E-state index contributed by atoms with van der Waals surface area (Å²) < 4.78 is 13.2. The number of nitrogens with zero attached hydrogens (tertiary/aromatic N) is 2. The van der Waals surface area contributed by atoms with Gasteiger partial charge in [0.2, 0.25) is 0 Å². The summed E-state index contributed by atoms with van der Waals surface area (Å²) in [5.74, 6) is -0.153. The van der Waals surface area contributed by atoms with Crippen LogP contribution in [-0.2, 0) is 6.54 Å². The molecule has 2 fully saturated rings. The second-order valence-corrected chi connectivity index (χ2v) is 7.39. The fraction of sp³-hybridized carbons (Fsp3) is 0.409. The number of amides is 1. The van der Waals surface area contributed by atoms with Crippen molar-refractivity contribution >= 4 is 5.91 Å². The molecule has 4 heteroatoms. The number of hydrogen-bond acceptors (Lipinski definition) is 2. The van der Waals surface area contributed by atoms with Gasteiger partial charge in [-0.25, -0.2) is 4.39 Å². The zero-order valence-electron chi connectivity index (χ0n) is 15.0. The van der Waals surface area contributed by atoms with Crippen molar-refractivity contribution in [2.24, 2.45) is 0 Å². The molecule has 1 atom stereocenters. The summed E-state index contributed by atoms with van der Waals surface area (Å²) in [6, 6.07) is 14.7. The quantitative estimate of drug-likeness (QED) is 0.814. The van der Waals surface area contributed by atoms with E-state index in [0.717, 1.165) is 50.1 Å². The van der Waals surface area contributed by atoms with Crippen molar-refractivity contribution in [1.29, 1.82) is 0 Å². The normalized spacial score (nSPS) is 20.7. The van der Waals surface area contributed by atoms with E-state index in [9.17, 15) is 9.18 Å². The Balaban J connectivity index is 1.51. The van der Waals surface area contributed by atoms with Gasteiger partial charge in [-0.05, 0) is 74.2 Å². The maximum absolute atomic E-state index is 13.2. The molecule has 0 aromatic heterocycles. The van der Waals surface area contributed by atoms with Crippen LogP contribution in [0.15, 0.2) is 48.5 Å². The Hall–Kier alpha value is -2.20. The maximum atomic E-state index is 13.2. The van der Waals surface area contributed by atoms with Crippen LogP contribution in [0.25, 0.3) is 0 Å². The van der Waals surface area contributed by atoms with Gasteiger partial charge in [0.05, 0.1) is 6.04 Å². The van der Waals surface area contributed by atoms with Crippen LogP contribution < -0.4 is 0 Å². The summed E-state index contributed by atoms with van der Waals surface area (Å²) in [6.45, 7) is 3.98. The van der Waals surface area contributed by atoms with Crippen LogP contribution in [0.5, 0.6) is 0 Å². The van der Waals surface area contributed by atoms with Crippen LogP contribution in [-0.4, -0.2) is 35.3 Å². The molecular weight excluding hydrogens is 327 g/mol. The predicted octanol–water partition coefficient (Wildman–Crippen LogP) is 4.40. The third-order valence-corrected chi connectivity index (χ3v) is 5.55. The number of rotatable bonds is 4. The van der Waals surface area contributed by atoms with Crippen molar-refractivity contribution in [1.82, 2.24) is 9.80 Å². The Morgan fingerprint density at radius 1 is 1.00 bits per heavy atom. The number of carbonyl (C=O) groups is 1. The lowest BCUT2D eigenvalue weighted by Gasteiger charge is -2.25. The van der Waals surface area contributed by atoms with E-state index in [1.165, 1.54) is 30.5 Å². The van der Waals surface area contributed by atoms with Crippen molar-refractivity contribution in [2.45, 2.75) is 38.3 Å². The Morgan fingerprint density at radius 3 is 2.54 bits per heavy atom. The second-order valence-electron chi connectivity index (χ2n) is 7.39. The molecule has 26 heavy (non-hydrogen) atoms. The highest BCUT2D eigenvalue weighted by Crippen LogP contribution is 2.33. The van der Waals surface area contributed by atoms with Crippen molar-refractivity contribution in [2.75, 3.05) is 19.6 Å². The average Bonchev–Trinajstić information content (AvgIpc) is 3.34. The largest absolute Gasteiger partial charge is 0.332 e. The Bertz CT molecular complexity index is 768. The van der Waals surface area contributed by atoms with Crippen LogP contribution in [0, 0.1) is 5.82 Å². The first-order valence-electron chi connectivity index (χ1n) is 9.58. The Labute approximate surface area is 154 Å². The lowest BCUT2D eigenvalue weighted by molar-refractivity contribution is 0.0735. The topological polar surface area (TPSA) is 23.6 Å². The van der Waals surface area contributed by atoms with E-state index >= 15 is 0 Å². The highest BCUT2D eigenvalue weighted by atomic mass is 19.1. The minimum absolute atomic E-state index is 0.0466. The Morgan fingerprint density at radius 2 is 1.77 bits per heavy atom. The minimum atomic E-state index is -0.237. The third kappa shape index (κ3) is 3.65. The summed E-state index contributed by atoms with van der Waals surface area (Å²) in [7, 11) is 0. The highest BCUT2D eigenvalue weighted by Gasteiger charge is 2.30. The molecule has 0 saturated carbocycles. The van der Waals surface area contributed by atoms with Gasteiger partial charge in [0.25, 0.3) is 5.91 Å². The summed E-state index contributed by atoms with van der Waals surface area (Å²) in [6.07, 6.45) is 4.46. The Kier molecular flexibility index (Phi) is 5.02. The van der Waals surface area contributed by atoms with Gasteiger partial charge in [-0.3, -0.25) is 9.69 Å². The molecule has 4 rings (SSSR count). The monoisotopic (exact) mass is 352 g/mol. The smallest absolute Gasteiger partial charge is 0.254 e. The molecule has 2 heterocycles. The zero-order chi connectivity index (χ0) is 17.9. The molecule has 0 aliphatic carbocycles. The van der Waals surface area contributed by atoms with E-state index in [2.05, 4.69) is 11.0 Å². The highest BCUT2D eigenvalue weighted by molar-refractivity contribution is 5.94. The lowest BCUT2D eigenvalue weighted by atomic mass is 10.0. The lowest BCUT2D eigenvalue weighted by Crippen LogP contribution is -2.30. The molecular formula is C22H25FN2O. The molecule has 1 unspecified atom stereocenters. The molecule has 2 aliphatic rings. The third-order valence-electron chi connectivity index (χ3n) is 5.55. The fourth-order valence-corrected chi connectivity index (χ4v) is 4.21. The SMILES string of the molecule is O=C(c1cccc(CN2CCCC2)c1)N1CCCC1c1ccc(F)cc1. The van der Waals surface area contributed by atoms with Crippen LogP contribution in [0.3, 0.4) is 0 Å². The van der Waals surface area contributed by atoms with E-state index in [1.54, 1.807) is 12.1 Å². The van der Waals surface area contributed by atoms with Crippen LogP contribution in [0.4, 0.5) is 4.39 Å². The second kappa shape index (κ2) is 7.58. The van der Waals surface area contributed by atoms with Crippen LogP contribution in [0.2, 0.25) is 0 Å². The minimum Gasteiger partial charge on any atom is -0.332 e. The van der Waals surface area contributed by atoms with Gasteiger partial charge >= 0.3 is 0 Å². The van der Waals surface area contributed by atoms with Gasteiger partial charge in [0.1, 0.15) is 5.82 Å². The standard InChI is InChI=1S/C22H25FN2O/c23-20-10-8-18(9-11-20)21-7-4-14-25(21)22(26)19-6-3-5-17(15-19)16-24-12-1-2-13-24/h3,5-6,8-11,15,21H,1-2,4,7,12-14,16H2. The molecule has 0 radical (unpaired) electrons. The fourth-order valence-electron chi connectivity index (χ4n) is 4.21. The maximum Gasteiger partial charge on any atom is 0.254 e. The van der Waals surface area contributed by atoms with Crippen LogP contribution >= 0.6 is 0 Å². The van der Waals surface area contributed by atoms with Crippen molar-refractivity contribution in [3.05, 3.63) is 71.0 Å². The summed E-state index contributed by atoms with van der Waals surface area (Å²) in [5, 5.41) is 0. The van der Waals surface area contributed by atoms with Gasteiger partial charge in [0.15, 0.2) is 0 Å². The number of hydrogen-bond donors (Lipinski definition) is 0. The van der Waals surface area contributed by atoms with E-state index in [-0.39, 0.29) is 17.8 Å². The number of benzene rings is 2. The molecule has 0 bridgehead atoms. The zero-order valence-corrected chi connectivity index (χ0v) is 15.0. The molecule has 2 aromatic rings. The molecule has 2 aromatic carbocycles. The van der Waals surface area contributed by atoms with Crippen molar-refractivity contribution in [3.8, 4) is 0 Å². The molecule has 1 amide bonds. The van der Waals surface area contributed by atoms with Crippen molar-refractivity contribution in [3.63, 3.8) is 0 Å². The van der Waals surface area contributed by atoms with E-state index in [1.807, 2.05) is 23.1 Å². The molecule has 0 spiro atoms. The molecule has 0 N–H and O–H groups in total. The summed E-state index contributed by atoms with van der Waals surface area (Å²) in [5.41, 5.74) is 2.98. The first-order valence-corrected chi connectivity index (χ1v) is 9.58. The first kappa shape index (κ1) is 17.2. The number of carbonyl (C=O) groups excluding carboxylic acids is 1. The van der Waals surface area contributed by atoms with E-state index in [0.29, 0.717) is 0 Å². The van der Waals surface area contributed by atoms with Gasteiger partial charge < -0.3 is 4.90 Å². The van der Waals surface area contributed by atoms with E-state index in [4.69, 9.17) is 0 Å². The molecule has 3 nitrogen and oxygen atoms in total. The van der Waals surface area contributed by atoms with Gasteiger partial charge in [-0.2, -0.15) is 0 Å². The average molecular weight is 352 g/mol. The van der Waals surface area contributed by atoms with Crippen molar-refractivity contribution < 1.29 is 9.18 Å². The summed E-state index contributed by atoms with van der Waals surface area (Å²) in [4.78, 5) is 17.5. The van der Waals surface area contributed by atoms with Gasteiger partial charge in [-0.1, -0.05) is 24.3 Å². The van der Waals surface area contributed by atoms with Gasteiger partial charge in [-0.15, -0.1) is 0 Å². The van der Waals surface area contributed by atoms with Gasteiger partial charge in [0, 0.05) is 18.7 Å². The molecule has 136 valence electrons. The van der Waals surface area contributed by atoms with Crippen LogP contribution in [0.1, 0.15) is 53.2 Å². The molecule has 2 saturated heterocycles.